The van der Waals surface area contributed by atoms with E-state index in [0.717, 1.165) is 18.7 Å². The summed E-state index contributed by atoms with van der Waals surface area (Å²) in [5.74, 6) is 1.74. The number of likely N-dealkylation sites (N-methyl/N-ethyl adjacent to an activating group) is 1. The maximum atomic E-state index is 11.8. The van der Waals surface area contributed by atoms with Crippen molar-refractivity contribution in [3.05, 3.63) is 11.7 Å². The molecule has 0 bridgehead atoms. The van der Waals surface area contributed by atoms with E-state index in [2.05, 4.69) is 10.1 Å². The second-order valence-corrected chi connectivity index (χ2v) is 4.86. The van der Waals surface area contributed by atoms with Crippen molar-refractivity contribution in [3.8, 4) is 0 Å². The van der Waals surface area contributed by atoms with Crippen LogP contribution < -0.4 is 0 Å². The second kappa shape index (κ2) is 5.48. The minimum atomic E-state index is -0.165. The first-order chi connectivity index (χ1) is 8.61. The summed E-state index contributed by atoms with van der Waals surface area (Å²) in [5, 5.41) is 12.9. The molecule has 6 heteroatoms. The van der Waals surface area contributed by atoms with Crippen LogP contribution in [0.15, 0.2) is 4.52 Å². The van der Waals surface area contributed by atoms with E-state index in [0.29, 0.717) is 24.7 Å². The first-order valence-electron chi connectivity index (χ1n) is 6.30. The number of hydrogen-bond acceptors (Lipinski definition) is 5. The number of aromatic nitrogens is 2. The smallest absolute Gasteiger partial charge is 0.227 e. The van der Waals surface area contributed by atoms with Gasteiger partial charge in [-0.3, -0.25) is 4.79 Å². The van der Waals surface area contributed by atoms with Gasteiger partial charge in [-0.25, -0.2) is 0 Å². The quantitative estimate of drug-likeness (QED) is 0.808. The Balaban J connectivity index is 1.81. The van der Waals surface area contributed by atoms with Crippen LogP contribution in [-0.4, -0.2) is 45.8 Å². The van der Waals surface area contributed by atoms with Crippen LogP contribution in [0.1, 0.15) is 43.8 Å². The number of rotatable bonds is 6. The average molecular weight is 253 g/mol. The molecule has 0 radical (unpaired) electrons. The molecular formula is C12H19N3O3. The Kier molecular flexibility index (Phi) is 3.96. The minimum absolute atomic E-state index is 0.0253. The van der Waals surface area contributed by atoms with Crippen molar-refractivity contribution in [1.82, 2.24) is 15.0 Å². The van der Waals surface area contributed by atoms with Crippen molar-refractivity contribution >= 4 is 5.91 Å². The number of carbonyl (C=O) groups is 1. The number of carbonyl (C=O) groups excluding carboxylic acids is 1. The Morgan fingerprint density at radius 2 is 2.33 bits per heavy atom. The SMILES string of the molecule is CC(CO)N(C)C(=O)CCc1nc(C2CC2)no1. The van der Waals surface area contributed by atoms with Crippen molar-refractivity contribution in [2.24, 2.45) is 0 Å². The van der Waals surface area contributed by atoms with Crippen molar-refractivity contribution in [2.75, 3.05) is 13.7 Å². The lowest BCUT2D eigenvalue weighted by molar-refractivity contribution is -0.132. The number of aliphatic hydroxyl groups excluding tert-OH is 1. The molecule has 1 N–H and O–H groups in total. The van der Waals surface area contributed by atoms with Gasteiger partial charge in [0.25, 0.3) is 0 Å². The summed E-state index contributed by atoms with van der Waals surface area (Å²) in [6.07, 6.45) is 3.05. The number of nitrogens with zero attached hydrogens (tertiary/aromatic N) is 3. The molecule has 0 aliphatic heterocycles. The standard InChI is InChI=1S/C12H19N3O3/c1-8(7-16)15(2)11(17)6-5-10-13-12(14-18-10)9-3-4-9/h8-9,16H,3-7H2,1-2H3. The molecule has 1 aliphatic carbocycles. The third-order valence-electron chi connectivity index (χ3n) is 3.30. The summed E-state index contributed by atoms with van der Waals surface area (Å²) >= 11 is 0. The lowest BCUT2D eigenvalue weighted by Crippen LogP contribution is -2.37. The van der Waals surface area contributed by atoms with Crippen molar-refractivity contribution in [3.63, 3.8) is 0 Å². The van der Waals surface area contributed by atoms with Gasteiger partial charge < -0.3 is 14.5 Å². The highest BCUT2D eigenvalue weighted by Crippen LogP contribution is 2.38. The fraction of sp³-hybridized carbons (Fsp3) is 0.750. The van der Waals surface area contributed by atoms with Gasteiger partial charge in [0.15, 0.2) is 5.82 Å². The topological polar surface area (TPSA) is 79.5 Å². The van der Waals surface area contributed by atoms with Crippen LogP contribution in [0.2, 0.25) is 0 Å². The monoisotopic (exact) mass is 253 g/mol. The van der Waals surface area contributed by atoms with E-state index in [1.54, 1.807) is 14.0 Å². The van der Waals surface area contributed by atoms with E-state index in [1.165, 1.54) is 4.90 Å². The number of aliphatic hydroxyl groups is 1. The predicted molar refractivity (Wildman–Crippen MR) is 63.9 cm³/mol. The molecule has 1 atom stereocenters. The van der Waals surface area contributed by atoms with Crippen LogP contribution in [0.4, 0.5) is 0 Å². The average Bonchev–Trinajstić information content (AvgIpc) is 3.13. The zero-order chi connectivity index (χ0) is 13.1. The summed E-state index contributed by atoms with van der Waals surface area (Å²) in [6, 6.07) is -0.165. The van der Waals surface area contributed by atoms with E-state index in [1.807, 2.05) is 0 Å². The summed E-state index contributed by atoms with van der Waals surface area (Å²) in [6.45, 7) is 1.77. The summed E-state index contributed by atoms with van der Waals surface area (Å²) in [5.41, 5.74) is 0. The highest BCUT2D eigenvalue weighted by atomic mass is 16.5. The summed E-state index contributed by atoms with van der Waals surface area (Å²) < 4.78 is 5.10. The molecule has 1 heterocycles. The van der Waals surface area contributed by atoms with Crippen LogP contribution >= 0.6 is 0 Å². The Morgan fingerprint density at radius 3 is 2.94 bits per heavy atom. The van der Waals surface area contributed by atoms with Gasteiger partial charge in [0, 0.05) is 25.8 Å². The zero-order valence-corrected chi connectivity index (χ0v) is 10.8. The molecule has 1 amide bonds. The van der Waals surface area contributed by atoms with Crippen LogP contribution in [0.25, 0.3) is 0 Å². The first kappa shape index (κ1) is 13.0. The maximum Gasteiger partial charge on any atom is 0.227 e. The largest absolute Gasteiger partial charge is 0.394 e. The Hall–Kier alpha value is -1.43. The summed E-state index contributed by atoms with van der Waals surface area (Å²) in [7, 11) is 1.69. The van der Waals surface area contributed by atoms with E-state index < -0.39 is 0 Å². The van der Waals surface area contributed by atoms with Crippen LogP contribution in [0, 0.1) is 0 Å². The van der Waals surface area contributed by atoms with Crippen molar-refractivity contribution in [2.45, 2.75) is 44.6 Å². The van der Waals surface area contributed by atoms with Gasteiger partial charge in [-0.2, -0.15) is 4.98 Å². The van der Waals surface area contributed by atoms with Gasteiger partial charge in [0.1, 0.15) is 0 Å². The van der Waals surface area contributed by atoms with E-state index in [-0.39, 0.29) is 18.6 Å². The second-order valence-electron chi connectivity index (χ2n) is 4.86. The lowest BCUT2D eigenvalue weighted by atomic mass is 10.2. The molecule has 100 valence electrons. The molecule has 0 saturated heterocycles. The molecule has 18 heavy (non-hydrogen) atoms. The number of aryl methyl sites for hydroxylation is 1. The molecule has 6 nitrogen and oxygen atoms in total. The maximum absolute atomic E-state index is 11.8. The predicted octanol–water partition coefficient (Wildman–Crippen LogP) is 0.719. The normalized spacial score (nSPS) is 16.6. The zero-order valence-electron chi connectivity index (χ0n) is 10.8. The molecule has 0 aromatic carbocycles. The van der Waals surface area contributed by atoms with E-state index in [4.69, 9.17) is 9.63 Å². The van der Waals surface area contributed by atoms with Crippen LogP contribution in [-0.2, 0) is 11.2 Å². The molecule has 1 aliphatic rings. The Labute approximate surface area is 106 Å². The minimum Gasteiger partial charge on any atom is -0.394 e. The summed E-state index contributed by atoms with van der Waals surface area (Å²) in [4.78, 5) is 17.6. The Bertz CT molecular complexity index is 414. The molecule has 1 saturated carbocycles. The molecule has 0 spiro atoms. The number of amides is 1. The third-order valence-corrected chi connectivity index (χ3v) is 3.30. The van der Waals surface area contributed by atoms with Gasteiger partial charge in [-0.1, -0.05) is 5.16 Å². The Morgan fingerprint density at radius 1 is 1.61 bits per heavy atom. The van der Waals surface area contributed by atoms with Gasteiger partial charge in [-0.05, 0) is 19.8 Å². The van der Waals surface area contributed by atoms with Crippen molar-refractivity contribution < 1.29 is 14.4 Å². The highest BCUT2D eigenvalue weighted by molar-refractivity contribution is 5.76. The lowest BCUT2D eigenvalue weighted by Gasteiger charge is -2.22. The van der Waals surface area contributed by atoms with Crippen molar-refractivity contribution in [1.29, 1.82) is 0 Å². The molecule has 1 aromatic heterocycles. The number of hydrogen-bond donors (Lipinski definition) is 1. The van der Waals surface area contributed by atoms with E-state index in [9.17, 15) is 4.79 Å². The van der Waals surface area contributed by atoms with Crippen LogP contribution in [0.5, 0.6) is 0 Å². The van der Waals surface area contributed by atoms with Gasteiger partial charge in [-0.15, -0.1) is 0 Å². The molecule has 1 unspecified atom stereocenters. The van der Waals surface area contributed by atoms with Gasteiger partial charge in [0.05, 0.1) is 12.6 Å². The molecule has 1 fully saturated rings. The highest BCUT2D eigenvalue weighted by Gasteiger charge is 2.28. The van der Waals surface area contributed by atoms with E-state index >= 15 is 0 Å². The fourth-order valence-corrected chi connectivity index (χ4v) is 1.64. The molecule has 1 aromatic rings. The molecule has 2 rings (SSSR count). The van der Waals surface area contributed by atoms with Crippen LogP contribution in [0.3, 0.4) is 0 Å². The third kappa shape index (κ3) is 3.07. The molecular weight excluding hydrogens is 234 g/mol. The first-order valence-corrected chi connectivity index (χ1v) is 6.30. The van der Waals surface area contributed by atoms with Gasteiger partial charge in [0.2, 0.25) is 11.8 Å². The fourth-order valence-electron chi connectivity index (χ4n) is 1.64. The van der Waals surface area contributed by atoms with Gasteiger partial charge >= 0.3 is 0 Å².